The van der Waals surface area contributed by atoms with E-state index in [-0.39, 0.29) is 10.8 Å². The van der Waals surface area contributed by atoms with Gasteiger partial charge in [-0.25, -0.2) is 4.79 Å². The van der Waals surface area contributed by atoms with Crippen LogP contribution in [-0.4, -0.2) is 30.3 Å². The summed E-state index contributed by atoms with van der Waals surface area (Å²) in [5.74, 6) is -0.0363. The van der Waals surface area contributed by atoms with E-state index in [1.54, 1.807) is 12.1 Å². The summed E-state index contributed by atoms with van der Waals surface area (Å²) in [7, 11) is 0. The van der Waals surface area contributed by atoms with Gasteiger partial charge in [0.05, 0.1) is 12.2 Å². The quantitative estimate of drug-likeness (QED) is 0.295. The zero-order chi connectivity index (χ0) is 26.8. The van der Waals surface area contributed by atoms with Crippen LogP contribution in [0.2, 0.25) is 0 Å². The molecule has 0 bridgehead atoms. The summed E-state index contributed by atoms with van der Waals surface area (Å²) in [6, 6.07) is 20.8. The molecule has 0 saturated carbocycles. The maximum absolute atomic E-state index is 11.3. The van der Waals surface area contributed by atoms with Gasteiger partial charge in [-0.2, -0.15) is 0 Å². The molecular formula is C33H41NO3. The summed E-state index contributed by atoms with van der Waals surface area (Å²) < 4.78 is 6.33. The molecule has 0 amide bonds. The van der Waals surface area contributed by atoms with Gasteiger partial charge in [0.25, 0.3) is 0 Å². The predicted octanol–water partition coefficient (Wildman–Crippen LogP) is 7.83. The summed E-state index contributed by atoms with van der Waals surface area (Å²) in [5.41, 5.74) is 7.69. The Hall–Kier alpha value is -3.11. The van der Waals surface area contributed by atoms with Crippen LogP contribution in [0.25, 0.3) is 22.3 Å². The normalized spacial score (nSPS) is 15.9. The van der Waals surface area contributed by atoms with Crippen LogP contribution in [0.3, 0.4) is 0 Å². The first-order valence-corrected chi connectivity index (χ1v) is 13.5. The molecule has 0 aromatic heterocycles. The molecule has 3 aromatic carbocycles. The van der Waals surface area contributed by atoms with Gasteiger partial charge in [-0.05, 0) is 88.7 Å². The largest absolute Gasteiger partial charge is 0.493 e. The number of carbonyl (C=O) groups is 1. The zero-order valence-electron chi connectivity index (χ0n) is 23.2. The Labute approximate surface area is 222 Å². The summed E-state index contributed by atoms with van der Waals surface area (Å²) in [6.07, 6.45) is 3.28. The van der Waals surface area contributed by atoms with Crippen molar-refractivity contribution in [1.29, 1.82) is 0 Å². The Balaban J connectivity index is 1.73. The Bertz CT molecular complexity index is 1260. The summed E-state index contributed by atoms with van der Waals surface area (Å²) in [4.78, 5) is 11.3. The minimum atomic E-state index is -0.914. The van der Waals surface area contributed by atoms with Crippen molar-refractivity contribution < 1.29 is 14.6 Å². The van der Waals surface area contributed by atoms with Gasteiger partial charge in [-0.3, -0.25) is 0 Å². The van der Waals surface area contributed by atoms with Crippen molar-refractivity contribution in [3.63, 3.8) is 0 Å². The number of hydrogen-bond acceptors (Lipinski definition) is 3. The van der Waals surface area contributed by atoms with Gasteiger partial charge in [0.2, 0.25) is 0 Å². The van der Waals surface area contributed by atoms with Gasteiger partial charge >= 0.3 is 5.97 Å². The number of fused-ring (bicyclic) bond motifs is 1. The van der Waals surface area contributed by atoms with E-state index >= 15 is 0 Å². The molecule has 0 atom stereocenters. The monoisotopic (exact) mass is 499 g/mol. The maximum atomic E-state index is 11.3. The van der Waals surface area contributed by atoms with Gasteiger partial charge in [0, 0.05) is 11.6 Å². The molecule has 4 nitrogen and oxygen atoms in total. The van der Waals surface area contributed by atoms with Crippen LogP contribution in [0.5, 0.6) is 5.75 Å². The van der Waals surface area contributed by atoms with E-state index in [0.717, 1.165) is 41.0 Å². The van der Waals surface area contributed by atoms with E-state index < -0.39 is 5.97 Å². The van der Waals surface area contributed by atoms with Gasteiger partial charge in [0.15, 0.2) is 0 Å². The summed E-state index contributed by atoms with van der Waals surface area (Å²) in [5, 5.41) is 12.7. The minimum Gasteiger partial charge on any atom is -0.493 e. The number of nitrogens with one attached hydrogen (secondary N) is 1. The lowest BCUT2D eigenvalue weighted by molar-refractivity contribution is 0.0697. The molecule has 0 radical (unpaired) electrons. The van der Waals surface area contributed by atoms with E-state index in [4.69, 9.17) is 4.74 Å². The van der Waals surface area contributed by atoms with Crippen LogP contribution in [0.1, 0.15) is 82.3 Å². The average Bonchev–Trinajstić information content (AvgIpc) is 2.86. The van der Waals surface area contributed by atoms with Crippen LogP contribution < -0.4 is 10.1 Å². The number of ether oxygens (including phenoxy) is 1. The number of rotatable bonds is 9. The Morgan fingerprint density at radius 3 is 2.14 bits per heavy atom. The van der Waals surface area contributed by atoms with Gasteiger partial charge in [-0.15, -0.1) is 0 Å². The van der Waals surface area contributed by atoms with E-state index in [2.05, 4.69) is 83.3 Å². The number of aromatic carboxylic acids is 1. The number of carboxylic acid groups (broad SMARTS) is 1. The number of hydrogen-bond donors (Lipinski definition) is 2. The molecule has 0 heterocycles. The van der Waals surface area contributed by atoms with Crippen molar-refractivity contribution in [3.8, 4) is 28.0 Å². The average molecular weight is 500 g/mol. The highest BCUT2D eigenvalue weighted by Gasteiger charge is 2.37. The lowest BCUT2D eigenvalue weighted by atomic mass is 9.63. The standard InChI is InChI=1S/C33H41NO3/c1-22(2)34-18-7-19-37-30-15-13-25(23-8-10-24(11-9-23)31(35)36)20-27(30)26-12-14-28-29(21-26)33(5,6)17-16-32(28,3)4/h8-15,20-22,34H,7,16-19H2,1-6H3,(H,35,36). The minimum absolute atomic E-state index is 0.120. The second-order valence-corrected chi connectivity index (χ2v) is 11.9. The van der Waals surface area contributed by atoms with E-state index in [1.807, 2.05) is 12.1 Å². The fourth-order valence-corrected chi connectivity index (χ4v) is 5.27. The molecule has 37 heavy (non-hydrogen) atoms. The Morgan fingerprint density at radius 1 is 0.865 bits per heavy atom. The van der Waals surface area contributed by atoms with Crippen molar-refractivity contribution in [1.82, 2.24) is 5.32 Å². The molecule has 2 N–H and O–H groups in total. The SMILES string of the molecule is CC(C)NCCCOc1ccc(-c2ccc(C(=O)O)cc2)cc1-c1ccc2c(c1)C(C)(C)CCC2(C)C. The van der Waals surface area contributed by atoms with Crippen molar-refractivity contribution in [2.45, 2.75) is 77.7 Å². The zero-order valence-corrected chi connectivity index (χ0v) is 23.2. The van der Waals surface area contributed by atoms with Crippen LogP contribution >= 0.6 is 0 Å². The van der Waals surface area contributed by atoms with E-state index in [1.165, 1.54) is 24.0 Å². The predicted molar refractivity (Wildman–Crippen MR) is 153 cm³/mol. The van der Waals surface area contributed by atoms with Crippen molar-refractivity contribution >= 4 is 5.97 Å². The second kappa shape index (κ2) is 10.7. The van der Waals surface area contributed by atoms with Crippen molar-refractivity contribution in [2.24, 2.45) is 0 Å². The lowest BCUT2D eigenvalue weighted by Gasteiger charge is -2.42. The van der Waals surface area contributed by atoms with Crippen molar-refractivity contribution in [3.05, 3.63) is 77.4 Å². The molecule has 0 fully saturated rings. The molecule has 196 valence electrons. The molecule has 1 aliphatic carbocycles. The molecule has 1 aliphatic rings. The fourth-order valence-electron chi connectivity index (χ4n) is 5.27. The number of carboxylic acids is 1. The Morgan fingerprint density at radius 2 is 1.49 bits per heavy atom. The van der Waals surface area contributed by atoms with Gasteiger partial charge < -0.3 is 15.2 Å². The van der Waals surface area contributed by atoms with E-state index in [9.17, 15) is 9.90 Å². The third-order valence-electron chi connectivity index (χ3n) is 7.74. The maximum Gasteiger partial charge on any atom is 0.335 e. The molecule has 0 unspecified atom stereocenters. The van der Waals surface area contributed by atoms with Crippen molar-refractivity contribution in [2.75, 3.05) is 13.2 Å². The number of benzene rings is 3. The molecule has 3 aromatic rings. The van der Waals surface area contributed by atoms with Crippen LogP contribution in [0.4, 0.5) is 0 Å². The topological polar surface area (TPSA) is 58.6 Å². The van der Waals surface area contributed by atoms with Crippen LogP contribution in [0.15, 0.2) is 60.7 Å². The molecule has 0 spiro atoms. The molecule has 4 heteroatoms. The van der Waals surface area contributed by atoms with Gasteiger partial charge in [-0.1, -0.05) is 77.9 Å². The van der Waals surface area contributed by atoms with Crippen LogP contribution in [-0.2, 0) is 10.8 Å². The highest BCUT2D eigenvalue weighted by atomic mass is 16.5. The van der Waals surface area contributed by atoms with Gasteiger partial charge in [0.1, 0.15) is 5.75 Å². The molecular weight excluding hydrogens is 458 g/mol. The van der Waals surface area contributed by atoms with E-state index in [0.29, 0.717) is 18.2 Å². The Kier molecular flexibility index (Phi) is 7.80. The highest BCUT2D eigenvalue weighted by molar-refractivity contribution is 5.88. The molecule has 0 aliphatic heterocycles. The first-order chi connectivity index (χ1) is 17.5. The highest BCUT2D eigenvalue weighted by Crippen LogP contribution is 2.47. The fraction of sp³-hybridized carbons (Fsp3) is 0.424. The first-order valence-electron chi connectivity index (χ1n) is 13.5. The molecule has 4 rings (SSSR count). The first kappa shape index (κ1) is 26.9. The summed E-state index contributed by atoms with van der Waals surface area (Å²) >= 11 is 0. The molecule has 0 saturated heterocycles. The van der Waals surface area contributed by atoms with Crippen LogP contribution in [0, 0.1) is 0 Å². The second-order valence-electron chi connectivity index (χ2n) is 11.9. The smallest absolute Gasteiger partial charge is 0.335 e. The third-order valence-corrected chi connectivity index (χ3v) is 7.74. The summed E-state index contributed by atoms with van der Waals surface area (Å²) in [6.45, 7) is 15.3. The lowest BCUT2D eigenvalue weighted by Crippen LogP contribution is -2.33. The third kappa shape index (κ3) is 6.07.